The van der Waals surface area contributed by atoms with E-state index in [1.165, 1.54) is 16.8 Å². The topological polar surface area (TPSA) is 76.5 Å². The molecule has 1 unspecified atom stereocenters. The Labute approximate surface area is 185 Å². The highest BCUT2D eigenvalue weighted by atomic mass is 19.1. The smallest absolute Gasteiger partial charge is 0.274 e. The highest BCUT2D eigenvalue weighted by molar-refractivity contribution is 6.04. The van der Waals surface area contributed by atoms with Crippen LogP contribution in [0.5, 0.6) is 0 Å². The second kappa shape index (κ2) is 9.58. The summed E-state index contributed by atoms with van der Waals surface area (Å²) < 4.78 is 20.3. The van der Waals surface area contributed by atoms with Gasteiger partial charge >= 0.3 is 0 Å². The van der Waals surface area contributed by atoms with Gasteiger partial charge in [-0.1, -0.05) is 30.3 Å². The quantitative estimate of drug-likeness (QED) is 0.641. The van der Waals surface area contributed by atoms with Crippen LogP contribution in [0, 0.1) is 5.82 Å². The van der Waals surface area contributed by atoms with Gasteiger partial charge in [0.25, 0.3) is 11.5 Å². The molecule has 2 heterocycles. The maximum atomic E-state index is 13.5. The van der Waals surface area contributed by atoms with Gasteiger partial charge in [0.05, 0.1) is 30.7 Å². The number of amides is 1. The minimum atomic E-state index is -0.351. The number of rotatable bonds is 6. The number of halogens is 1. The predicted octanol–water partition coefficient (Wildman–Crippen LogP) is 2.92. The first-order chi connectivity index (χ1) is 15.5. The SMILES string of the molecule is CC(C)n1nc(C(=O)NCC(c2ccc(F)cc2)N2CCOCC2)c2ccccc2c1=O. The minimum Gasteiger partial charge on any atom is -0.379 e. The standard InChI is InChI=1S/C24H27FN4O3/c1-16(2)29-24(31)20-6-4-3-5-19(20)22(27-29)23(30)26-15-21(28-11-13-32-14-12-28)17-7-9-18(25)10-8-17/h3-10,16,21H,11-15H2,1-2H3,(H,26,30). The monoisotopic (exact) mass is 438 g/mol. The molecule has 1 amide bonds. The average Bonchev–Trinajstić information content (AvgIpc) is 2.81. The summed E-state index contributed by atoms with van der Waals surface area (Å²) in [6, 6.07) is 13.0. The third-order valence-electron chi connectivity index (χ3n) is 5.73. The molecule has 4 rings (SSSR count). The van der Waals surface area contributed by atoms with Gasteiger partial charge in [-0.25, -0.2) is 9.07 Å². The number of morpholine rings is 1. The molecule has 0 aliphatic carbocycles. The van der Waals surface area contributed by atoms with Crippen molar-refractivity contribution in [1.29, 1.82) is 0 Å². The molecule has 8 heteroatoms. The zero-order valence-corrected chi connectivity index (χ0v) is 18.3. The predicted molar refractivity (Wildman–Crippen MR) is 120 cm³/mol. The normalized spacial score (nSPS) is 15.8. The summed E-state index contributed by atoms with van der Waals surface area (Å²) in [4.78, 5) is 28.2. The minimum absolute atomic E-state index is 0.134. The molecule has 1 saturated heterocycles. The Bertz CT molecular complexity index is 1150. The molecular weight excluding hydrogens is 411 g/mol. The number of hydrogen-bond donors (Lipinski definition) is 1. The van der Waals surface area contributed by atoms with Crippen molar-refractivity contribution < 1.29 is 13.9 Å². The molecule has 0 bridgehead atoms. The average molecular weight is 439 g/mol. The van der Waals surface area contributed by atoms with Crippen LogP contribution in [0.1, 0.15) is 42.0 Å². The van der Waals surface area contributed by atoms with E-state index in [4.69, 9.17) is 4.74 Å². The Morgan fingerprint density at radius 3 is 2.41 bits per heavy atom. The van der Waals surface area contributed by atoms with Crippen LogP contribution in [0.2, 0.25) is 0 Å². The van der Waals surface area contributed by atoms with Gasteiger partial charge in [0.15, 0.2) is 5.69 Å². The van der Waals surface area contributed by atoms with Gasteiger partial charge in [0, 0.05) is 25.0 Å². The van der Waals surface area contributed by atoms with Crippen molar-refractivity contribution >= 4 is 16.7 Å². The Hall–Kier alpha value is -3.10. The van der Waals surface area contributed by atoms with E-state index in [1.54, 1.807) is 36.4 Å². The first-order valence-corrected chi connectivity index (χ1v) is 10.8. The fraction of sp³-hybridized carbons (Fsp3) is 0.375. The molecule has 0 spiro atoms. The maximum absolute atomic E-state index is 13.5. The van der Waals surface area contributed by atoms with E-state index in [0.717, 1.165) is 18.7 Å². The number of ether oxygens (including phenoxy) is 1. The summed E-state index contributed by atoms with van der Waals surface area (Å²) in [7, 11) is 0. The zero-order chi connectivity index (χ0) is 22.7. The van der Waals surface area contributed by atoms with Gasteiger partial charge in [-0.3, -0.25) is 14.5 Å². The van der Waals surface area contributed by atoms with E-state index >= 15 is 0 Å². The number of nitrogens with zero attached hydrogens (tertiary/aromatic N) is 3. The number of fused-ring (bicyclic) bond motifs is 1. The molecule has 32 heavy (non-hydrogen) atoms. The maximum Gasteiger partial charge on any atom is 0.274 e. The molecule has 1 fully saturated rings. The third kappa shape index (κ3) is 4.56. The summed E-state index contributed by atoms with van der Waals surface area (Å²) in [6.07, 6.45) is 0. The molecule has 1 aliphatic rings. The fourth-order valence-electron chi connectivity index (χ4n) is 4.03. The summed E-state index contributed by atoms with van der Waals surface area (Å²) in [5.41, 5.74) is 0.914. The molecule has 1 atom stereocenters. The van der Waals surface area contributed by atoms with Crippen LogP contribution in [-0.2, 0) is 4.74 Å². The van der Waals surface area contributed by atoms with Gasteiger partial charge < -0.3 is 10.1 Å². The van der Waals surface area contributed by atoms with Gasteiger partial charge in [0.2, 0.25) is 0 Å². The van der Waals surface area contributed by atoms with Crippen molar-refractivity contribution in [1.82, 2.24) is 20.0 Å². The molecule has 0 saturated carbocycles. The highest BCUT2D eigenvalue weighted by Crippen LogP contribution is 2.22. The van der Waals surface area contributed by atoms with Crippen molar-refractivity contribution in [2.24, 2.45) is 0 Å². The molecule has 0 radical (unpaired) electrons. The number of nitrogens with one attached hydrogen (secondary N) is 1. The van der Waals surface area contributed by atoms with Crippen LogP contribution < -0.4 is 10.9 Å². The van der Waals surface area contributed by atoms with E-state index in [2.05, 4.69) is 15.3 Å². The second-order valence-corrected chi connectivity index (χ2v) is 8.16. The number of benzene rings is 2. The van der Waals surface area contributed by atoms with Crippen LogP contribution in [0.3, 0.4) is 0 Å². The van der Waals surface area contributed by atoms with Crippen molar-refractivity contribution in [2.45, 2.75) is 25.9 Å². The highest BCUT2D eigenvalue weighted by Gasteiger charge is 2.25. The molecular formula is C24H27FN4O3. The Morgan fingerprint density at radius 1 is 1.09 bits per heavy atom. The van der Waals surface area contributed by atoms with Crippen molar-refractivity contribution in [2.75, 3.05) is 32.8 Å². The summed E-state index contributed by atoms with van der Waals surface area (Å²) in [6.45, 7) is 6.69. The first kappa shape index (κ1) is 22.1. The summed E-state index contributed by atoms with van der Waals surface area (Å²) >= 11 is 0. The van der Waals surface area contributed by atoms with Gasteiger partial charge in [-0.15, -0.1) is 0 Å². The molecule has 2 aromatic carbocycles. The lowest BCUT2D eigenvalue weighted by Gasteiger charge is -2.35. The molecule has 7 nitrogen and oxygen atoms in total. The van der Waals surface area contributed by atoms with Crippen LogP contribution >= 0.6 is 0 Å². The van der Waals surface area contributed by atoms with Crippen LogP contribution in [0.25, 0.3) is 10.8 Å². The van der Waals surface area contributed by atoms with E-state index in [9.17, 15) is 14.0 Å². The van der Waals surface area contributed by atoms with Crippen LogP contribution in [0.4, 0.5) is 4.39 Å². The summed E-state index contributed by atoms with van der Waals surface area (Å²) in [5, 5.41) is 8.37. The Balaban J connectivity index is 1.63. The van der Waals surface area contributed by atoms with Gasteiger partial charge in [-0.05, 0) is 37.6 Å². The largest absolute Gasteiger partial charge is 0.379 e. The Kier molecular flexibility index (Phi) is 6.62. The van der Waals surface area contributed by atoms with E-state index in [1.807, 2.05) is 13.8 Å². The fourth-order valence-corrected chi connectivity index (χ4v) is 4.03. The second-order valence-electron chi connectivity index (χ2n) is 8.16. The van der Waals surface area contributed by atoms with E-state index in [0.29, 0.717) is 30.5 Å². The number of carbonyl (C=O) groups is 1. The molecule has 168 valence electrons. The molecule has 1 aromatic heterocycles. The van der Waals surface area contributed by atoms with Gasteiger partial charge in [-0.2, -0.15) is 5.10 Å². The lowest BCUT2D eigenvalue weighted by molar-refractivity contribution is 0.0162. The lowest BCUT2D eigenvalue weighted by atomic mass is 10.0. The molecule has 1 N–H and O–H groups in total. The Morgan fingerprint density at radius 2 is 1.75 bits per heavy atom. The van der Waals surface area contributed by atoms with Crippen molar-refractivity contribution in [3.05, 3.63) is 76.0 Å². The molecule has 1 aliphatic heterocycles. The zero-order valence-electron chi connectivity index (χ0n) is 18.3. The van der Waals surface area contributed by atoms with E-state index in [-0.39, 0.29) is 35.1 Å². The van der Waals surface area contributed by atoms with Crippen LogP contribution in [-0.4, -0.2) is 53.4 Å². The number of hydrogen-bond acceptors (Lipinski definition) is 5. The summed E-state index contributed by atoms with van der Waals surface area (Å²) in [5.74, 6) is -0.652. The van der Waals surface area contributed by atoms with Crippen molar-refractivity contribution in [3.63, 3.8) is 0 Å². The molecule has 3 aromatic rings. The lowest BCUT2D eigenvalue weighted by Crippen LogP contribution is -2.44. The number of carbonyl (C=O) groups excluding carboxylic acids is 1. The van der Waals surface area contributed by atoms with E-state index < -0.39 is 0 Å². The van der Waals surface area contributed by atoms with Gasteiger partial charge in [0.1, 0.15) is 5.82 Å². The third-order valence-corrected chi connectivity index (χ3v) is 5.73. The number of aromatic nitrogens is 2. The van der Waals surface area contributed by atoms with Crippen molar-refractivity contribution in [3.8, 4) is 0 Å². The van der Waals surface area contributed by atoms with Crippen LogP contribution in [0.15, 0.2) is 53.3 Å². The first-order valence-electron chi connectivity index (χ1n) is 10.8.